The lowest BCUT2D eigenvalue weighted by molar-refractivity contribution is -0.168. The number of carbonyl (C=O) groups is 2. The molecule has 0 saturated carbocycles. The van der Waals surface area contributed by atoms with Gasteiger partial charge in [-0.15, -0.1) is 0 Å². The molecule has 14 nitrogen and oxygen atoms in total. The molecule has 0 amide bonds. The third kappa shape index (κ3) is 8.04. The van der Waals surface area contributed by atoms with Crippen LogP contribution in [0.3, 0.4) is 0 Å². The molecule has 51 heavy (non-hydrogen) atoms. The first-order valence-corrected chi connectivity index (χ1v) is 18.4. The number of hydrogen-bond donors (Lipinski definition) is 2. The monoisotopic (exact) mass is 723 g/mol. The molecule has 1 aliphatic heterocycles. The third-order valence-corrected chi connectivity index (χ3v) is 10.2. The number of hydrogen-bond acceptors (Lipinski definition) is 12. The van der Waals surface area contributed by atoms with E-state index in [9.17, 15) is 14.2 Å². The zero-order valence-corrected chi connectivity index (χ0v) is 30.8. The molecule has 1 saturated heterocycles. The molecular formula is C36H46N5O9P. The van der Waals surface area contributed by atoms with Gasteiger partial charge in [-0.3, -0.25) is 14.1 Å². The molecule has 2 aromatic carbocycles. The maximum Gasteiger partial charge on any atom is 0.459 e. The first-order chi connectivity index (χ1) is 24.2. The van der Waals surface area contributed by atoms with Crippen molar-refractivity contribution >= 4 is 41.8 Å². The van der Waals surface area contributed by atoms with E-state index in [0.717, 1.165) is 5.39 Å². The van der Waals surface area contributed by atoms with Crippen molar-refractivity contribution in [2.24, 2.45) is 11.8 Å². The van der Waals surface area contributed by atoms with Crippen LogP contribution in [0.1, 0.15) is 54.2 Å². The largest absolute Gasteiger partial charge is 0.488 e. The van der Waals surface area contributed by atoms with Crippen molar-refractivity contribution in [3.8, 4) is 5.75 Å². The van der Waals surface area contributed by atoms with Gasteiger partial charge in [-0.2, -0.15) is 10.2 Å². The van der Waals surface area contributed by atoms with Gasteiger partial charge in [0, 0.05) is 11.3 Å². The van der Waals surface area contributed by atoms with Gasteiger partial charge < -0.3 is 29.2 Å². The zero-order valence-electron chi connectivity index (χ0n) is 29.9. The minimum absolute atomic E-state index is 0.116. The lowest BCUT2D eigenvalue weighted by atomic mass is 9.92. The highest BCUT2D eigenvalue weighted by molar-refractivity contribution is 7.52. The predicted molar refractivity (Wildman–Crippen MR) is 191 cm³/mol. The van der Waals surface area contributed by atoms with Gasteiger partial charge >= 0.3 is 19.7 Å². The molecule has 0 radical (unpaired) electrons. The summed E-state index contributed by atoms with van der Waals surface area (Å²) < 4.78 is 53.0. The third-order valence-electron chi connectivity index (χ3n) is 8.61. The molecule has 274 valence electrons. The fourth-order valence-electron chi connectivity index (χ4n) is 5.73. The first kappa shape index (κ1) is 37.8. The van der Waals surface area contributed by atoms with Crippen molar-refractivity contribution in [3.05, 3.63) is 79.0 Å². The molecule has 4 aromatic rings. The zero-order chi connectivity index (χ0) is 37.1. The number of anilines is 1. The van der Waals surface area contributed by atoms with Gasteiger partial charge in [-0.25, -0.2) is 14.1 Å². The second-order valence-corrected chi connectivity index (χ2v) is 14.8. The molecular weight excluding hydrogens is 677 g/mol. The van der Waals surface area contributed by atoms with Crippen molar-refractivity contribution in [2.45, 2.75) is 78.4 Å². The number of esters is 2. The Bertz CT molecular complexity index is 1940. The Hall–Kier alpha value is -4.49. The van der Waals surface area contributed by atoms with Crippen LogP contribution in [0.5, 0.6) is 5.75 Å². The maximum absolute atomic E-state index is 14.7. The number of aromatic nitrogens is 3. The Morgan fingerprint density at radius 2 is 1.76 bits per heavy atom. The Balaban J connectivity index is 1.56. The number of allylic oxidation sites excluding steroid dienone is 1. The number of nitrogen functional groups attached to an aromatic ring is 1. The normalized spacial score (nSPS) is 22.2. The van der Waals surface area contributed by atoms with E-state index in [1.54, 1.807) is 56.5 Å². The van der Waals surface area contributed by atoms with Crippen LogP contribution >= 0.6 is 7.75 Å². The Morgan fingerprint density at radius 1 is 1.04 bits per heavy atom. The summed E-state index contributed by atoms with van der Waals surface area (Å²) in [5, 5.41) is 8.64. The number of rotatable bonds is 15. The molecule has 2 aromatic heterocycles. The molecule has 3 heterocycles. The minimum Gasteiger partial charge on any atom is -0.488 e. The number of carbonyl (C=O) groups excluding carboxylic acids is 2. The van der Waals surface area contributed by atoms with Crippen molar-refractivity contribution in [1.29, 1.82) is 0 Å². The molecule has 15 heteroatoms. The topological polar surface area (TPSA) is 175 Å². The Kier molecular flexibility index (Phi) is 11.4. The lowest BCUT2D eigenvalue weighted by Crippen LogP contribution is -2.45. The quantitative estimate of drug-likeness (QED) is 0.0838. The molecule has 1 aliphatic rings. The Labute approximate surface area is 297 Å². The van der Waals surface area contributed by atoms with Gasteiger partial charge in [0.1, 0.15) is 35.3 Å². The molecule has 5 rings (SSSR count). The fourth-order valence-corrected chi connectivity index (χ4v) is 7.25. The van der Waals surface area contributed by atoms with E-state index < -0.39 is 62.2 Å². The van der Waals surface area contributed by atoms with Crippen LogP contribution < -0.4 is 15.3 Å². The van der Waals surface area contributed by atoms with Gasteiger partial charge in [0.2, 0.25) is 0 Å². The fraction of sp³-hybridized carbons (Fsp3) is 0.444. The minimum atomic E-state index is -4.38. The van der Waals surface area contributed by atoms with Crippen LogP contribution in [0, 0.1) is 11.8 Å². The lowest BCUT2D eigenvalue weighted by Gasteiger charge is -2.32. The molecule has 1 fully saturated rings. The predicted octanol–water partition coefficient (Wildman–Crippen LogP) is 5.95. The van der Waals surface area contributed by atoms with Gasteiger partial charge in [0.25, 0.3) is 0 Å². The van der Waals surface area contributed by atoms with E-state index in [2.05, 4.69) is 21.7 Å². The summed E-state index contributed by atoms with van der Waals surface area (Å²) in [5.74, 6) is -0.840. The molecule has 0 spiro atoms. The summed E-state index contributed by atoms with van der Waals surface area (Å²) in [4.78, 5) is 30.0. The SMILES string of the molecule is C=C(O[C@H]1[C@@H](OC(=O)C(C)C)[C@](C)(c2ccc3c(N)ncnn23)O[C@@H]1COP(=O)(N[C@@H](C)C(=O)OCC)Oc1cccc2ccccc12)C(C)C. The second kappa shape index (κ2) is 15.4. The van der Waals surface area contributed by atoms with Crippen LogP contribution in [-0.2, 0) is 43.2 Å². The number of nitrogens with two attached hydrogens (primary N) is 1. The smallest absolute Gasteiger partial charge is 0.459 e. The number of fused-ring (bicyclic) bond motifs is 2. The number of nitrogens with zero attached hydrogens (tertiary/aromatic N) is 3. The van der Waals surface area contributed by atoms with Crippen LogP contribution in [0.25, 0.3) is 16.3 Å². The number of nitrogens with one attached hydrogen (secondary N) is 1. The van der Waals surface area contributed by atoms with E-state index in [1.165, 1.54) is 13.3 Å². The summed E-state index contributed by atoms with van der Waals surface area (Å²) in [6.45, 7) is 16.0. The summed E-state index contributed by atoms with van der Waals surface area (Å²) >= 11 is 0. The summed E-state index contributed by atoms with van der Waals surface area (Å²) in [5.41, 5.74) is 5.75. The van der Waals surface area contributed by atoms with Crippen molar-refractivity contribution < 1.29 is 42.1 Å². The highest BCUT2D eigenvalue weighted by Gasteiger charge is 2.59. The molecule has 1 unspecified atom stereocenters. The molecule has 6 atom stereocenters. The summed E-state index contributed by atoms with van der Waals surface area (Å²) in [6, 6.07) is 15.1. The standard InChI is InChI=1S/C36H46N5O9P/c1-9-45-35(43)23(6)40-51(44,50-28-16-12-14-25-13-10-11-15-26(25)28)46-19-29-31(47-24(7)21(2)3)32(48-34(42)22(4)5)36(8,49-29)30-18-17-27-33(37)38-20-39-41(27)30/h10-18,20-23,29,31-32H,7,9,19H2,1-6,8H3,(H,40,44)(H2,37,38,39)/t23-,29+,31+,32+,36-,51?/m0/s1. The van der Waals surface area contributed by atoms with Crippen LogP contribution in [0.2, 0.25) is 0 Å². The first-order valence-electron chi connectivity index (χ1n) is 16.9. The van der Waals surface area contributed by atoms with Crippen molar-refractivity contribution in [2.75, 3.05) is 18.9 Å². The van der Waals surface area contributed by atoms with Crippen molar-refractivity contribution in [3.63, 3.8) is 0 Å². The van der Waals surface area contributed by atoms with E-state index in [4.69, 9.17) is 33.7 Å². The number of ether oxygens (including phenoxy) is 4. The van der Waals surface area contributed by atoms with E-state index in [-0.39, 0.29) is 24.1 Å². The van der Waals surface area contributed by atoms with E-state index in [1.807, 2.05) is 44.2 Å². The van der Waals surface area contributed by atoms with Crippen LogP contribution in [-0.4, -0.2) is 64.1 Å². The van der Waals surface area contributed by atoms with Gasteiger partial charge in [-0.05, 0) is 44.4 Å². The maximum atomic E-state index is 14.7. The second-order valence-electron chi connectivity index (χ2n) is 13.1. The average Bonchev–Trinajstić information content (AvgIpc) is 3.64. The van der Waals surface area contributed by atoms with Crippen LogP contribution in [0.4, 0.5) is 5.82 Å². The molecule has 3 N–H and O–H groups in total. The van der Waals surface area contributed by atoms with E-state index in [0.29, 0.717) is 22.4 Å². The number of benzene rings is 2. The highest BCUT2D eigenvalue weighted by Crippen LogP contribution is 2.50. The highest BCUT2D eigenvalue weighted by atomic mass is 31.2. The summed E-state index contributed by atoms with van der Waals surface area (Å²) in [6.07, 6.45) is -1.79. The van der Waals surface area contributed by atoms with Gasteiger partial charge in [-0.1, -0.05) is 70.7 Å². The van der Waals surface area contributed by atoms with Crippen molar-refractivity contribution in [1.82, 2.24) is 19.7 Å². The average molecular weight is 724 g/mol. The van der Waals surface area contributed by atoms with Crippen LogP contribution in [0.15, 0.2) is 73.3 Å². The van der Waals surface area contributed by atoms with Gasteiger partial charge in [0.05, 0.1) is 30.6 Å². The summed E-state index contributed by atoms with van der Waals surface area (Å²) in [7, 11) is -4.38. The van der Waals surface area contributed by atoms with Gasteiger partial charge in [0.15, 0.2) is 18.0 Å². The Morgan fingerprint density at radius 3 is 2.47 bits per heavy atom. The molecule has 0 bridgehead atoms. The van der Waals surface area contributed by atoms with E-state index >= 15 is 0 Å². The molecule has 0 aliphatic carbocycles.